The van der Waals surface area contributed by atoms with Gasteiger partial charge in [0.15, 0.2) is 11.4 Å². The Balaban J connectivity index is 1.45. The number of alkyl halides is 3. The molecule has 2 aromatic carbocycles. The zero-order valence-electron chi connectivity index (χ0n) is 15.9. The summed E-state index contributed by atoms with van der Waals surface area (Å²) in [5.74, 6) is -1.73. The minimum Gasteiger partial charge on any atom is -0.351 e. The first-order chi connectivity index (χ1) is 14.8. The van der Waals surface area contributed by atoms with Crippen molar-refractivity contribution < 1.29 is 22.4 Å². The highest BCUT2D eigenvalue weighted by molar-refractivity contribution is 7.18. The quantitative estimate of drug-likeness (QED) is 0.350. The maximum Gasteiger partial charge on any atom is 0.435 e. The normalized spacial score (nSPS) is 11.7. The number of thiazole rings is 1. The van der Waals surface area contributed by atoms with Gasteiger partial charge in [0.1, 0.15) is 5.82 Å². The van der Waals surface area contributed by atoms with E-state index >= 15 is 0 Å². The van der Waals surface area contributed by atoms with E-state index in [0.29, 0.717) is 17.5 Å². The molecule has 4 rings (SSSR count). The van der Waals surface area contributed by atoms with Gasteiger partial charge in [0, 0.05) is 13.0 Å². The van der Waals surface area contributed by atoms with Crippen LogP contribution in [0.4, 0.5) is 17.6 Å². The molecular weight excluding hydrogens is 434 g/mol. The van der Waals surface area contributed by atoms with Crippen molar-refractivity contribution in [2.75, 3.05) is 6.54 Å². The Morgan fingerprint density at radius 1 is 1.13 bits per heavy atom. The lowest BCUT2D eigenvalue weighted by atomic mass is 10.2. The number of hydrogen-bond acceptors (Lipinski definition) is 5. The molecule has 31 heavy (non-hydrogen) atoms. The van der Waals surface area contributed by atoms with Crippen molar-refractivity contribution in [3.63, 3.8) is 0 Å². The highest BCUT2D eigenvalue weighted by Gasteiger charge is 2.42. The number of carbonyl (C=O) groups is 1. The van der Waals surface area contributed by atoms with Crippen LogP contribution in [0.2, 0.25) is 0 Å². The summed E-state index contributed by atoms with van der Waals surface area (Å²) in [6.45, 7) is 0.138. The number of benzene rings is 2. The SMILES string of the molecule is O=C(NCCCc1nc2ccccc2s1)c1nnn(-c2cccc(F)c2)c1C(F)(F)F. The summed E-state index contributed by atoms with van der Waals surface area (Å²) in [6.07, 6.45) is -3.85. The molecule has 2 aromatic heterocycles. The Morgan fingerprint density at radius 3 is 2.68 bits per heavy atom. The maximum absolute atomic E-state index is 13.6. The Bertz CT molecular complexity index is 1200. The number of aromatic nitrogens is 4. The second kappa shape index (κ2) is 8.42. The van der Waals surface area contributed by atoms with E-state index in [1.54, 1.807) is 0 Å². The zero-order chi connectivity index (χ0) is 22.0. The first-order valence-electron chi connectivity index (χ1n) is 9.24. The van der Waals surface area contributed by atoms with Crippen molar-refractivity contribution in [1.82, 2.24) is 25.3 Å². The van der Waals surface area contributed by atoms with Gasteiger partial charge in [-0.05, 0) is 36.8 Å². The molecule has 160 valence electrons. The molecule has 0 spiro atoms. The topological polar surface area (TPSA) is 72.7 Å². The largest absolute Gasteiger partial charge is 0.435 e. The second-order valence-electron chi connectivity index (χ2n) is 6.61. The molecule has 0 atom stereocenters. The van der Waals surface area contributed by atoms with Crippen LogP contribution in [0.25, 0.3) is 15.9 Å². The molecule has 6 nitrogen and oxygen atoms in total. The third-order valence-electron chi connectivity index (χ3n) is 4.40. The van der Waals surface area contributed by atoms with Crippen LogP contribution in [0.1, 0.15) is 27.6 Å². The highest BCUT2D eigenvalue weighted by atomic mass is 32.1. The van der Waals surface area contributed by atoms with Crippen molar-refractivity contribution in [1.29, 1.82) is 0 Å². The molecule has 11 heteroatoms. The fraction of sp³-hybridized carbons (Fsp3) is 0.200. The van der Waals surface area contributed by atoms with Gasteiger partial charge < -0.3 is 5.32 Å². The van der Waals surface area contributed by atoms with Crippen molar-refractivity contribution in [3.05, 3.63) is 70.7 Å². The van der Waals surface area contributed by atoms with Crippen LogP contribution < -0.4 is 5.32 Å². The van der Waals surface area contributed by atoms with E-state index in [0.717, 1.165) is 27.4 Å². The molecule has 0 aliphatic heterocycles. The van der Waals surface area contributed by atoms with Gasteiger partial charge in [-0.3, -0.25) is 4.79 Å². The van der Waals surface area contributed by atoms with Crippen LogP contribution in [0, 0.1) is 5.82 Å². The van der Waals surface area contributed by atoms with Crippen LogP contribution in [-0.2, 0) is 12.6 Å². The van der Waals surface area contributed by atoms with Gasteiger partial charge in [-0.2, -0.15) is 13.2 Å². The predicted octanol–water partition coefficient (Wildman–Crippen LogP) is 4.40. The lowest BCUT2D eigenvalue weighted by Gasteiger charge is -2.11. The van der Waals surface area contributed by atoms with Gasteiger partial charge in [0.05, 0.1) is 20.9 Å². The number of halogens is 4. The summed E-state index contributed by atoms with van der Waals surface area (Å²) in [5, 5.41) is 10.1. The number of nitrogens with one attached hydrogen (secondary N) is 1. The number of rotatable bonds is 6. The number of nitrogens with zero attached hydrogens (tertiary/aromatic N) is 4. The van der Waals surface area contributed by atoms with Crippen molar-refractivity contribution in [2.24, 2.45) is 0 Å². The van der Waals surface area contributed by atoms with Crippen molar-refractivity contribution in [2.45, 2.75) is 19.0 Å². The van der Waals surface area contributed by atoms with E-state index in [1.165, 1.54) is 23.5 Å². The molecule has 2 heterocycles. The molecule has 0 unspecified atom stereocenters. The fourth-order valence-electron chi connectivity index (χ4n) is 3.03. The summed E-state index contributed by atoms with van der Waals surface area (Å²) in [4.78, 5) is 16.8. The number of amides is 1. The van der Waals surface area contributed by atoms with Gasteiger partial charge in [0.2, 0.25) is 0 Å². The zero-order valence-corrected chi connectivity index (χ0v) is 16.7. The molecule has 0 aliphatic rings. The number of para-hydroxylation sites is 1. The van der Waals surface area contributed by atoms with Gasteiger partial charge in [-0.25, -0.2) is 14.1 Å². The monoisotopic (exact) mass is 449 g/mol. The van der Waals surface area contributed by atoms with E-state index in [1.807, 2.05) is 24.3 Å². The summed E-state index contributed by atoms with van der Waals surface area (Å²) in [5.41, 5.74) is -1.52. The number of hydrogen-bond donors (Lipinski definition) is 1. The van der Waals surface area contributed by atoms with Crippen LogP contribution in [-0.4, -0.2) is 32.4 Å². The third kappa shape index (κ3) is 4.55. The molecule has 1 N–H and O–H groups in total. The number of aryl methyl sites for hydroxylation is 1. The first-order valence-corrected chi connectivity index (χ1v) is 10.1. The van der Waals surface area contributed by atoms with Gasteiger partial charge in [-0.1, -0.05) is 23.4 Å². The van der Waals surface area contributed by atoms with E-state index in [2.05, 4.69) is 20.6 Å². The highest BCUT2D eigenvalue weighted by Crippen LogP contribution is 2.32. The smallest absolute Gasteiger partial charge is 0.351 e. The van der Waals surface area contributed by atoms with Crippen molar-refractivity contribution in [3.8, 4) is 5.69 Å². The van der Waals surface area contributed by atoms with Gasteiger partial charge >= 0.3 is 6.18 Å². The average Bonchev–Trinajstić information content (AvgIpc) is 3.35. The minimum absolute atomic E-state index is 0.138. The van der Waals surface area contributed by atoms with Gasteiger partial charge in [0.25, 0.3) is 5.91 Å². The van der Waals surface area contributed by atoms with E-state index in [9.17, 15) is 22.4 Å². The Morgan fingerprint density at radius 2 is 1.94 bits per heavy atom. The van der Waals surface area contributed by atoms with E-state index < -0.39 is 29.3 Å². The molecule has 1 amide bonds. The van der Waals surface area contributed by atoms with Crippen LogP contribution >= 0.6 is 11.3 Å². The average molecular weight is 449 g/mol. The Hall–Kier alpha value is -3.34. The van der Waals surface area contributed by atoms with E-state index in [4.69, 9.17) is 0 Å². The molecule has 0 saturated heterocycles. The lowest BCUT2D eigenvalue weighted by molar-refractivity contribution is -0.143. The lowest BCUT2D eigenvalue weighted by Crippen LogP contribution is -2.28. The summed E-state index contributed by atoms with van der Waals surface area (Å²) < 4.78 is 55.8. The first kappa shape index (κ1) is 20.9. The molecular formula is C20H15F4N5OS. The second-order valence-corrected chi connectivity index (χ2v) is 7.73. The molecule has 0 aliphatic carbocycles. The van der Waals surface area contributed by atoms with Crippen LogP contribution in [0.15, 0.2) is 48.5 Å². The minimum atomic E-state index is -4.91. The fourth-order valence-corrected chi connectivity index (χ4v) is 4.04. The molecule has 0 saturated carbocycles. The number of fused-ring (bicyclic) bond motifs is 1. The maximum atomic E-state index is 13.6. The summed E-state index contributed by atoms with van der Waals surface area (Å²) >= 11 is 1.53. The Labute approximate surface area is 177 Å². The third-order valence-corrected chi connectivity index (χ3v) is 5.49. The standard InChI is InChI=1S/C20H15F4N5OS/c21-12-5-3-6-13(11-12)29-18(20(22,23)24)17(27-28-29)19(30)25-10-4-9-16-26-14-7-1-2-8-15(14)31-16/h1-3,5-8,11H,4,9-10H2,(H,25,30). The Kier molecular flexibility index (Phi) is 5.68. The van der Waals surface area contributed by atoms with Crippen LogP contribution in [0.3, 0.4) is 0 Å². The summed E-state index contributed by atoms with van der Waals surface area (Å²) in [7, 11) is 0. The van der Waals surface area contributed by atoms with Gasteiger partial charge in [-0.15, -0.1) is 16.4 Å². The van der Waals surface area contributed by atoms with Crippen LogP contribution in [0.5, 0.6) is 0 Å². The molecule has 4 aromatic rings. The van der Waals surface area contributed by atoms with E-state index in [-0.39, 0.29) is 12.2 Å². The van der Waals surface area contributed by atoms with Crippen molar-refractivity contribution >= 4 is 27.5 Å². The summed E-state index contributed by atoms with van der Waals surface area (Å²) in [6, 6.07) is 12.1. The number of carbonyl (C=O) groups excluding carboxylic acids is 1. The molecule has 0 bridgehead atoms. The molecule has 0 fully saturated rings. The predicted molar refractivity (Wildman–Crippen MR) is 107 cm³/mol. The molecule has 0 radical (unpaired) electrons.